The monoisotopic (exact) mass is 295 g/mol. The maximum atomic E-state index is 8.76. The number of ether oxygens (including phenoxy) is 2. The molecule has 6 heteroatoms. The van der Waals surface area contributed by atoms with Crippen LogP contribution in [0.1, 0.15) is 25.8 Å². The largest absolute Gasteiger partial charge is 0.369 e. The molecule has 0 amide bonds. The molecule has 1 atom stereocenters. The second-order valence-corrected chi connectivity index (χ2v) is 5.59. The van der Waals surface area contributed by atoms with E-state index < -0.39 is 5.79 Å². The molecule has 0 aliphatic carbocycles. The summed E-state index contributed by atoms with van der Waals surface area (Å²) in [7, 11) is 0. The Morgan fingerprint density at radius 2 is 2.25 bits per heavy atom. The van der Waals surface area contributed by atoms with Crippen LogP contribution in [0.15, 0.2) is 12.3 Å². The lowest BCUT2D eigenvalue weighted by Gasteiger charge is -2.26. The summed E-state index contributed by atoms with van der Waals surface area (Å²) in [5, 5.41) is 12.4. The molecule has 0 bridgehead atoms. The van der Waals surface area contributed by atoms with Crippen molar-refractivity contribution in [2.75, 3.05) is 25.1 Å². The highest BCUT2D eigenvalue weighted by Crippen LogP contribution is 2.27. The molecule has 0 radical (unpaired) electrons. The number of nitriles is 1. The molecule has 1 aliphatic heterocycles. The molecule has 0 saturated carbocycles. The van der Waals surface area contributed by atoms with Crippen LogP contribution >= 0.6 is 11.6 Å². The number of nitrogens with one attached hydrogen (secondary N) is 1. The zero-order valence-corrected chi connectivity index (χ0v) is 12.4. The van der Waals surface area contributed by atoms with Crippen molar-refractivity contribution in [3.63, 3.8) is 0 Å². The fourth-order valence-electron chi connectivity index (χ4n) is 2.28. The van der Waals surface area contributed by atoms with Gasteiger partial charge in [0.05, 0.1) is 23.8 Å². The summed E-state index contributed by atoms with van der Waals surface area (Å²) in [6.07, 6.45) is 2.30. The summed E-state index contributed by atoms with van der Waals surface area (Å²) in [5.41, 5.74) is 0.453. The molecule has 1 aromatic rings. The lowest BCUT2D eigenvalue weighted by atomic mass is 10.0. The fourth-order valence-corrected chi connectivity index (χ4v) is 2.51. The van der Waals surface area contributed by atoms with Gasteiger partial charge in [0.15, 0.2) is 5.79 Å². The van der Waals surface area contributed by atoms with Crippen molar-refractivity contribution in [3.05, 3.63) is 22.8 Å². The second kappa shape index (κ2) is 6.40. The topological polar surface area (TPSA) is 67.2 Å². The number of hydrogen-bond donors (Lipinski definition) is 1. The summed E-state index contributed by atoms with van der Waals surface area (Å²) >= 11 is 6.06. The van der Waals surface area contributed by atoms with E-state index in [1.807, 2.05) is 13.0 Å². The summed E-state index contributed by atoms with van der Waals surface area (Å²) < 4.78 is 11.2. The predicted octanol–water partition coefficient (Wildman–Crippen LogP) is 2.81. The van der Waals surface area contributed by atoms with Gasteiger partial charge in [-0.25, -0.2) is 4.98 Å². The zero-order valence-electron chi connectivity index (χ0n) is 11.6. The summed E-state index contributed by atoms with van der Waals surface area (Å²) in [6.45, 7) is 6.09. The SMILES string of the molecule is C[C@@H](CNc1ncc(C#N)cc1Cl)CC1(C)OCCO1. The third kappa shape index (κ3) is 3.83. The molecule has 1 N–H and O–H groups in total. The van der Waals surface area contributed by atoms with E-state index in [0.717, 1.165) is 6.42 Å². The first kappa shape index (κ1) is 15.0. The van der Waals surface area contributed by atoms with E-state index in [0.29, 0.717) is 42.1 Å². The third-order valence-electron chi connectivity index (χ3n) is 3.21. The van der Waals surface area contributed by atoms with Crippen molar-refractivity contribution in [2.24, 2.45) is 5.92 Å². The van der Waals surface area contributed by atoms with Gasteiger partial charge in [-0.3, -0.25) is 0 Å². The Kier molecular flexibility index (Phi) is 4.81. The van der Waals surface area contributed by atoms with Gasteiger partial charge in [-0.15, -0.1) is 0 Å². The van der Waals surface area contributed by atoms with Gasteiger partial charge < -0.3 is 14.8 Å². The van der Waals surface area contributed by atoms with Crippen molar-refractivity contribution >= 4 is 17.4 Å². The van der Waals surface area contributed by atoms with Crippen LogP contribution in [0, 0.1) is 17.2 Å². The quantitative estimate of drug-likeness (QED) is 0.905. The van der Waals surface area contributed by atoms with Crippen LogP contribution in [0.3, 0.4) is 0 Å². The molecule has 1 aromatic heterocycles. The molecule has 0 unspecified atom stereocenters. The minimum absolute atomic E-state index is 0.339. The van der Waals surface area contributed by atoms with Gasteiger partial charge in [0.1, 0.15) is 11.9 Å². The van der Waals surface area contributed by atoms with Gasteiger partial charge in [0.2, 0.25) is 0 Å². The van der Waals surface area contributed by atoms with E-state index in [1.165, 1.54) is 6.20 Å². The number of anilines is 1. The first-order valence-electron chi connectivity index (χ1n) is 6.60. The van der Waals surface area contributed by atoms with Crippen molar-refractivity contribution in [3.8, 4) is 6.07 Å². The Morgan fingerprint density at radius 3 is 2.85 bits per heavy atom. The van der Waals surface area contributed by atoms with E-state index >= 15 is 0 Å². The van der Waals surface area contributed by atoms with Crippen LogP contribution < -0.4 is 5.32 Å². The van der Waals surface area contributed by atoms with Crippen LogP contribution in [0.5, 0.6) is 0 Å². The predicted molar refractivity (Wildman–Crippen MR) is 76.5 cm³/mol. The molecule has 5 nitrogen and oxygen atoms in total. The van der Waals surface area contributed by atoms with Crippen LogP contribution in [0.25, 0.3) is 0 Å². The standard InChI is InChI=1S/C14H18ClN3O2/c1-10(6-14(2)19-3-4-20-14)8-17-13-12(15)5-11(7-16)9-18-13/h5,9-10H,3-4,6,8H2,1-2H3,(H,17,18)/t10-/m1/s1. The minimum atomic E-state index is -0.483. The molecule has 1 fully saturated rings. The van der Waals surface area contributed by atoms with Crippen LogP contribution in [-0.4, -0.2) is 30.5 Å². The highest BCUT2D eigenvalue weighted by molar-refractivity contribution is 6.33. The molecular formula is C14H18ClN3O2. The highest BCUT2D eigenvalue weighted by atomic mass is 35.5. The van der Waals surface area contributed by atoms with Gasteiger partial charge in [-0.2, -0.15) is 5.26 Å². The van der Waals surface area contributed by atoms with E-state index in [4.69, 9.17) is 26.3 Å². The summed E-state index contributed by atoms with van der Waals surface area (Å²) in [5.74, 6) is 0.450. The molecule has 2 heterocycles. The number of aromatic nitrogens is 1. The molecule has 20 heavy (non-hydrogen) atoms. The normalized spacial score (nSPS) is 18.5. The van der Waals surface area contributed by atoms with Gasteiger partial charge >= 0.3 is 0 Å². The molecular weight excluding hydrogens is 278 g/mol. The Morgan fingerprint density at radius 1 is 1.55 bits per heavy atom. The zero-order chi connectivity index (χ0) is 14.6. The first-order chi connectivity index (χ1) is 9.52. The number of hydrogen-bond acceptors (Lipinski definition) is 5. The number of halogens is 1. The third-order valence-corrected chi connectivity index (χ3v) is 3.49. The van der Waals surface area contributed by atoms with Gasteiger partial charge in [-0.05, 0) is 18.9 Å². The molecule has 0 aromatic carbocycles. The molecule has 2 rings (SSSR count). The highest BCUT2D eigenvalue weighted by Gasteiger charge is 2.32. The van der Waals surface area contributed by atoms with E-state index in [9.17, 15) is 0 Å². The van der Waals surface area contributed by atoms with Crippen molar-refractivity contribution in [1.29, 1.82) is 5.26 Å². The molecule has 0 spiro atoms. The van der Waals surface area contributed by atoms with Crippen molar-refractivity contribution in [1.82, 2.24) is 4.98 Å². The second-order valence-electron chi connectivity index (χ2n) is 5.19. The van der Waals surface area contributed by atoms with Crippen LogP contribution in [0.4, 0.5) is 5.82 Å². The fraction of sp³-hybridized carbons (Fsp3) is 0.571. The van der Waals surface area contributed by atoms with E-state index in [-0.39, 0.29) is 0 Å². The van der Waals surface area contributed by atoms with Crippen LogP contribution in [0.2, 0.25) is 5.02 Å². The van der Waals surface area contributed by atoms with Gasteiger partial charge in [0, 0.05) is 19.2 Å². The van der Waals surface area contributed by atoms with Gasteiger partial charge in [0.25, 0.3) is 0 Å². The number of pyridine rings is 1. The summed E-state index contributed by atoms with van der Waals surface area (Å²) in [4.78, 5) is 4.14. The lowest BCUT2D eigenvalue weighted by Crippen LogP contribution is -2.30. The lowest BCUT2D eigenvalue weighted by molar-refractivity contribution is -0.153. The van der Waals surface area contributed by atoms with E-state index in [1.54, 1.807) is 6.07 Å². The summed E-state index contributed by atoms with van der Waals surface area (Å²) in [6, 6.07) is 3.61. The average Bonchev–Trinajstić information content (AvgIpc) is 2.83. The number of rotatable bonds is 5. The molecule has 1 aliphatic rings. The van der Waals surface area contributed by atoms with Crippen LogP contribution in [-0.2, 0) is 9.47 Å². The van der Waals surface area contributed by atoms with Gasteiger partial charge in [-0.1, -0.05) is 18.5 Å². The minimum Gasteiger partial charge on any atom is -0.369 e. The van der Waals surface area contributed by atoms with E-state index in [2.05, 4.69) is 17.2 Å². The van der Waals surface area contributed by atoms with Crippen molar-refractivity contribution in [2.45, 2.75) is 26.1 Å². The molecule has 1 saturated heterocycles. The number of nitrogens with zero attached hydrogens (tertiary/aromatic N) is 2. The first-order valence-corrected chi connectivity index (χ1v) is 6.97. The maximum Gasteiger partial charge on any atom is 0.166 e. The Labute approximate surface area is 123 Å². The Hall–Kier alpha value is -1.35. The smallest absolute Gasteiger partial charge is 0.166 e. The maximum absolute atomic E-state index is 8.76. The Bertz CT molecular complexity index is 510. The Balaban J connectivity index is 1.87. The average molecular weight is 296 g/mol. The van der Waals surface area contributed by atoms with Crippen molar-refractivity contribution < 1.29 is 9.47 Å². The molecule has 108 valence electrons.